The number of nitrogens with two attached hydrogens (primary N) is 1. The van der Waals surface area contributed by atoms with Crippen molar-refractivity contribution < 1.29 is 9.21 Å². The first-order valence-electron chi connectivity index (χ1n) is 9.09. The largest absolute Gasteiger partial charge is 0.438 e. The highest BCUT2D eigenvalue weighted by atomic mass is 16.3. The molecule has 0 saturated carbocycles. The van der Waals surface area contributed by atoms with Crippen LogP contribution in [0.15, 0.2) is 46.3 Å². The molecule has 2 aliphatic rings. The van der Waals surface area contributed by atoms with Crippen LogP contribution in [0, 0.1) is 5.92 Å². The summed E-state index contributed by atoms with van der Waals surface area (Å²) in [4.78, 5) is 39.2. The molecule has 1 fully saturated rings. The van der Waals surface area contributed by atoms with E-state index in [0.29, 0.717) is 36.7 Å². The van der Waals surface area contributed by atoms with Gasteiger partial charge in [0.2, 0.25) is 5.76 Å². The van der Waals surface area contributed by atoms with Crippen molar-refractivity contribution >= 4 is 11.7 Å². The number of anilines is 1. The summed E-state index contributed by atoms with van der Waals surface area (Å²) in [7, 11) is 0. The number of rotatable bonds is 2. The first-order valence-corrected chi connectivity index (χ1v) is 9.09. The van der Waals surface area contributed by atoms with Crippen LogP contribution in [0.4, 0.5) is 5.82 Å². The van der Waals surface area contributed by atoms with Gasteiger partial charge >= 0.3 is 0 Å². The van der Waals surface area contributed by atoms with Crippen LogP contribution in [0.25, 0.3) is 11.3 Å². The number of likely N-dealkylation sites (tertiary alicyclic amines) is 1. The standard InChI is InChI=1S/C19H18N6O3/c20-17-4-14(22-9-23-17)12-2-15-13-1-11(7-25(15)18(26)3-12)6-24(8-13)19(27)16-5-21-10-28-16/h2-5,9-11,13H,1,6-8H2,(H2,20,22,23)/t11-,13+/m0/s1. The fraction of sp³-hybridized carbons (Fsp3) is 0.316. The lowest BCUT2D eigenvalue weighted by atomic mass is 9.82. The van der Waals surface area contributed by atoms with Crippen molar-refractivity contribution in [1.29, 1.82) is 0 Å². The summed E-state index contributed by atoms with van der Waals surface area (Å²) >= 11 is 0. The summed E-state index contributed by atoms with van der Waals surface area (Å²) < 4.78 is 6.99. The Morgan fingerprint density at radius 1 is 1.18 bits per heavy atom. The Kier molecular flexibility index (Phi) is 3.75. The van der Waals surface area contributed by atoms with Crippen molar-refractivity contribution in [3.63, 3.8) is 0 Å². The number of nitrogen functional groups attached to an aromatic ring is 1. The summed E-state index contributed by atoms with van der Waals surface area (Å²) in [6.45, 7) is 1.73. The number of carbonyl (C=O) groups excluding carboxylic acids is 1. The highest BCUT2D eigenvalue weighted by Gasteiger charge is 2.37. The van der Waals surface area contributed by atoms with E-state index in [9.17, 15) is 9.59 Å². The molecule has 0 aromatic carbocycles. The van der Waals surface area contributed by atoms with Gasteiger partial charge in [0, 0.05) is 48.9 Å². The van der Waals surface area contributed by atoms with Crippen molar-refractivity contribution in [2.45, 2.75) is 18.9 Å². The topological polar surface area (TPSA) is 120 Å². The fourth-order valence-corrected chi connectivity index (χ4v) is 4.28. The number of nitrogens with zero attached hydrogens (tertiary/aromatic N) is 5. The highest BCUT2D eigenvalue weighted by molar-refractivity contribution is 5.91. The van der Waals surface area contributed by atoms with Gasteiger partial charge in [-0.25, -0.2) is 15.0 Å². The first kappa shape index (κ1) is 16.7. The molecule has 2 atom stereocenters. The summed E-state index contributed by atoms with van der Waals surface area (Å²) in [6.07, 6.45) is 5.01. The van der Waals surface area contributed by atoms with Crippen LogP contribution in [0.2, 0.25) is 0 Å². The molecule has 5 heterocycles. The van der Waals surface area contributed by atoms with Crippen molar-refractivity contribution in [3.05, 3.63) is 58.9 Å². The van der Waals surface area contributed by atoms with E-state index in [0.717, 1.165) is 12.1 Å². The van der Waals surface area contributed by atoms with Crippen LogP contribution < -0.4 is 11.3 Å². The zero-order valence-electron chi connectivity index (χ0n) is 15.0. The van der Waals surface area contributed by atoms with Gasteiger partial charge in [0.1, 0.15) is 12.1 Å². The van der Waals surface area contributed by atoms with Crippen LogP contribution in [0.1, 0.15) is 28.6 Å². The maximum Gasteiger partial charge on any atom is 0.291 e. The van der Waals surface area contributed by atoms with E-state index in [1.165, 1.54) is 18.9 Å². The quantitative estimate of drug-likeness (QED) is 0.710. The van der Waals surface area contributed by atoms with E-state index in [2.05, 4.69) is 15.0 Å². The second-order valence-electron chi connectivity index (χ2n) is 7.32. The van der Waals surface area contributed by atoms with Crippen LogP contribution in [0.3, 0.4) is 0 Å². The van der Waals surface area contributed by atoms with Gasteiger partial charge in [-0.2, -0.15) is 0 Å². The second-order valence-corrected chi connectivity index (χ2v) is 7.32. The Bertz CT molecular complexity index is 1110. The van der Waals surface area contributed by atoms with Crippen molar-refractivity contribution in [2.75, 3.05) is 18.8 Å². The zero-order valence-corrected chi connectivity index (χ0v) is 15.0. The van der Waals surface area contributed by atoms with Gasteiger partial charge in [-0.3, -0.25) is 9.59 Å². The number of hydrogen-bond acceptors (Lipinski definition) is 7. The van der Waals surface area contributed by atoms with Gasteiger partial charge in [-0.15, -0.1) is 0 Å². The van der Waals surface area contributed by atoms with Crippen molar-refractivity contribution in [3.8, 4) is 11.3 Å². The third-order valence-corrected chi connectivity index (χ3v) is 5.47. The number of piperidine rings is 1. The zero-order chi connectivity index (χ0) is 19.3. The Morgan fingerprint density at radius 2 is 2.07 bits per heavy atom. The van der Waals surface area contributed by atoms with E-state index >= 15 is 0 Å². The lowest BCUT2D eigenvalue weighted by Crippen LogP contribution is -2.49. The number of amides is 1. The van der Waals surface area contributed by atoms with Crippen molar-refractivity contribution in [2.24, 2.45) is 5.92 Å². The van der Waals surface area contributed by atoms with Gasteiger partial charge in [0.05, 0.1) is 11.9 Å². The molecule has 9 heteroatoms. The smallest absolute Gasteiger partial charge is 0.291 e. The van der Waals surface area contributed by atoms with E-state index in [1.54, 1.807) is 17.0 Å². The predicted molar refractivity (Wildman–Crippen MR) is 99.4 cm³/mol. The summed E-state index contributed by atoms with van der Waals surface area (Å²) in [5, 5.41) is 0. The molecule has 1 saturated heterocycles. The molecule has 5 rings (SSSR count). The van der Waals surface area contributed by atoms with Crippen molar-refractivity contribution in [1.82, 2.24) is 24.4 Å². The average Bonchev–Trinajstić information content (AvgIpc) is 3.23. The molecule has 0 unspecified atom stereocenters. The molecule has 0 spiro atoms. The summed E-state index contributed by atoms with van der Waals surface area (Å²) in [5.74, 6) is 0.734. The number of pyridine rings is 1. The van der Waals surface area contributed by atoms with Gasteiger partial charge in [-0.1, -0.05) is 0 Å². The number of carbonyl (C=O) groups is 1. The Labute approximate surface area is 159 Å². The minimum atomic E-state index is -0.164. The number of fused-ring (bicyclic) bond motifs is 4. The van der Waals surface area contributed by atoms with Crippen LogP contribution in [-0.2, 0) is 6.54 Å². The number of aromatic nitrogens is 4. The van der Waals surface area contributed by atoms with Gasteiger partial charge in [0.15, 0.2) is 6.39 Å². The van der Waals surface area contributed by atoms with E-state index < -0.39 is 0 Å². The molecule has 2 N–H and O–H groups in total. The number of oxazole rings is 1. The van der Waals surface area contributed by atoms with Gasteiger partial charge < -0.3 is 19.6 Å². The molecule has 1 amide bonds. The molecule has 9 nitrogen and oxygen atoms in total. The molecule has 3 aromatic rings. The molecule has 2 bridgehead atoms. The third kappa shape index (κ3) is 2.75. The van der Waals surface area contributed by atoms with Crippen LogP contribution >= 0.6 is 0 Å². The summed E-state index contributed by atoms with van der Waals surface area (Å²) in [5.41, 5.74) is 7.94. The van der Waals surface area contributed by atoms with Crippen LogP contribution in [0.5, 0.6) is 0 Å². The predicted octanol–water partition coefficient (Wildman–Crippen LogP) is 1.14. The summed E-state index contributed by atoms with van der Waals surface area (Å²) in [6, 6.07) is 5.22. The normalized spacial score (nSPS) is 20.6. The maximum absolute atomic E-state index is 12.8. The van der Waals surface area contributed by atoms with E-state index in [-0.39, 0.29) is 29.1 Å². The molecule has 0 aliphatic carbocycles. The molecule has 28 heavy (non-hydrogen) atoms. The average molecular weight is 378 g/mol. The minimum Gasteiger partial charge on any atom is -0.438 e. The maximum atomic E-state index is 12.8. The first-order chi connectivity index (χ1) is 13.6. The SMILES string of the molecule is Nc1cc(-c2cc3n(c(=O)c2)C[C@H]2C[C@@H]3CN(C(=O)c3cnco3)C2)ncn1. The molecule has 0 radical (unpaired) electrons. The second kappa shape index (κ2) is 6.29. The monoisotopic (exact) mass is 378 g/mol. The minimum absolute atomic E-state index is 0.0607. The van der Waals surface area contributed by atoms with E-state index in [1.807, 2.05) is 10.6 Å². The van der Waals surface area contributed by atoms with Gasteiger partial charge in [-0.05, 0) is 18.4 Å². The lowest BCUT2D eigenvalue weighted by Gasteiger charge is -2.42. The van der Waals surface area contributed by atoms with Gasteiger partial charge in [0.25, 0.3) is 11.5 Å². The molecular weight excluding hydrogens is 360 g/mol. The Hall–Kier alpha value is -3.49. The molecule has 2 aliphatic heterocycles. The fourth-order valence-electron chi connectivity index (χ4n) is 4.28. The molecule has 3 aromatic heterocycles. The lowest BCUT2D eigenvalue weighted by molar-refractivity contribution is 0.0564. The van der Waals surface area contributed by atoms with E-state index in [4.69, 9.17) is 10.2 Å². The third-order valence-electron chi connectivity index (χ3n) is 5.47. The molecular formula is C19H18N6O3. The number of hydrogen-bond donors (Lipinski definition) is 1. The highest BCUT2D eigenvalue weighted by Crippen LogP contribution is 2.36. The van der Waals surface area contributed by atoms with Crippen LogP contribution in [-0.4, -0.2) is 43.4 Å². The molecule has 142 valence electrons. The Morgan fingerprint density at radius 3 is 2.86 bits per heavy atom. The Balaban J connectivity index is 1.51.